The van der Waals surface area contributed by atoms with E-state index in [1.165, 1.54) is 0 Å². The van der Waals surface area contributed by atoms with Crippen LogP contribution in [0.5, 0.6) is 0 Å². The quantitative estimate of drug-likeness (QED) is 0.759. The highest BCUT2D eigenvalue weighted by molar-refractivity contribution is 5.77. The van der Waals surface area contributed by atoms with Crippen LogP contribution in [0.3, 0.4) is 0 Å². The Labute approximate surface area is 106 Å². The second kappa shape index (κ2) is 6.42. The van der Waals surface area contributed by atoms with Gasteiger partial charge < -0.3 is 4.74 Å². The molecule has 0 bridgehead atoms. The Morgan fingerprint density at radius 1 is 1.28 bits per heavy atom. The molecule has 1 aromatic carbocycles. The fourth-order valence-corrected chi connectivity index (χ4v) is 1.61. The molecule has 0 aliphatic heterocycles. The second-order valence-corrected chi connectivity index (χ2v) is 3.88. The average molecular weight is 242 g/mol. The minimum Gasteiger partial charge on any atom is -0.465 e. The van der Waals surface area contributed by atoms with E-state index in [-0.39, 0.29) is 6.61 Å². The van der Waals surface area contributed by atoms with Crippen LogP contribution in [0.15, 0.2) is 24.3 Å². The van der Waals surface area contributed by atoms with Crippen LogP contribution in [0, 0.1) is 35.5 Å². The fraction of sp³-hybridized carbons (Fsp3) is 0.357. The van der Waals surface area contributed by atoms with Crippen molar-refractivity contribution in [3.05, 3.63) is 35.4 Å². The van der Waals surface area contributed by atoms with Crippen LogP contribution in [0.25, 0.3) is 0 Å². The van der Waals surface area contributed by atoms with Gasteiger partial charge in [0.2, 0.25) is 0 Å². The zero-order valence-corrected chi connectivity index (χ0v) is 10.4. The molecule has 4 nitrogen and oxygen atoms in total. The van der Waals surface area contributed by atoms with Crippen LogP contribution < -0.4 is 0 Å². The minimum atomic E-state index is -1.09. The maximum absolute atomic E-state index is 11.6. The number of ether oxygens (including phenoxy) is 1. The SMILES string of the molecule is CCOC(=O)C(C#N)C(C#N)c1ccc(C)cc1. The maximum Gasteiger partial charge on any atom is 0.325 e. The van der Waals surface area contributed by atoms with Crippen LogP contribution in [0.4, 0.5) is 0 Å². The number of carbonyl (C=O) groups is 1. The van der Waals surface area contributed by atoms with Crippen molar-refractivity contribution in [2.24, 2.45) is 5.92 Å². The first-order valence-corrected chi connectivity index (χ1v) is 5.66. The Morgan fingerprint density at radius 2 is 1.89 bits per heavy atom. The summed E-state index contributed by atoms with van der Waals surface area (Å²) < 4.78 is 4.81. The van der Waals surface area contributed by atoms with Gasteiger partial charge in [-0.15, -0.1) is 0 Å². The normalized spacial score (nSPS) is 12.9. The fourth-order valence-electron chi connectivity index (χ4n) is 1.61. The number of hydrogen-bond donors (Lipinski definition) is 0. The Morgan fingerprint density at radius 3 is 2.33 bits per heavy atom. The van der Waals surface area contributed by atoms with E-state index < -0.39 is 17.8 Å². The number of nitrogens with zero attached hydrogens (tertiary/aromatic N) is 2. The predicted molar refractivity (Wildman–Crippen MR) is 65.3 cm³/mol. The third-order valence-electron chi connectivity index (χ3n) is 2.59. The highest BCUT2D eigenvalue weighted by Gasteiger charge is 2.30. The molecule has 0 aliphatic rings. The summed E-state index contributed by atoms with van der Waals surface area (Å²) >= 11 is 0. The first-order chi connectivity index (χ1) is 8.63. The van der Waals surface area contributed by atoms with Crippen LogP contribution >= 0.6 is 0 Å². The van der Waals surface area contributed by atoms with E-state index in [1.54, 1.807) is 19.1 Å². The minimum absolute atomic E-state index is 0.197. The molecule has 0 radical (unpaired) electrons. The number of nitriles is 2. The molecule has 0 saturated heterocycles. The lowest BCUT2D eigenvalue weighted by Crippen LogP contribution is -2.22. The van der Waals surface area contributed by atoms with Gasteiger partial charge in [0, 0.05) is 0 Å². The molecule has 2 unspecified atom stereocenters. The molecule has 0 fully saturated rings. The Kier molecular flexibility index (Phi) is 4.90. The van der Waals surface area contributed by atoms with Crippen molar-refractivity contribution in [2.75, 3.05) is 6.61 Å². The van der Waals surface area contributed by atoms with E-state index in [1.807, 2.05) is 31.2 Å². The predicted octanol–water partition coefficient (Wildman–Crippen LogP) is 2.31. The molecule has 0 saturated carbocycles. The average Bonchev–Trinajstić information content (AvgIpc) is 2.37. The van der Waals surface area contributed by atoms with Gasteiger partial charge in [-0.25, -0.2) is 0 Å². The third-order valence-corrected chi connectivity index (χ3v) is 2.59. The largest absolute Gasteiger partial charge is 0.465 e. The maximum atomic E-state index is 11.6. The van der Waals surface area contributed by atoms with Gasteiger partial charge in [0.1, 0.15) is 0 Å². The second-order valence-electron chi connectivity index (χ2n) is 3.88. The molecule has 92 valence electrons. The number of carbonyl (C=O) groups excluding carboxylic acids is 1. The smallest absolute Gasteiger partial charge is 0.325 e. The lowest BCUT2D eigenvalue weighted by Gasteiger charge is -2.14. The van der Waals surface area contributed by atoms with E-state index in [9.17, 15) is 4.79 Å². The molecule has 0 aliphatic carbocycles. The van der Waals surface area contributed by atoms with Crippen molar-refractivity contribution in [3.8, 4) is 12.1 Å². The van der Waals surface area contributed by atoms with Crippen molar-refractivity contribution in [1.82, 2.24) is 0 Å². The van der Waals surface area contributed by atoms with Gasteiger partial charge in [0.15, 0.2) is 5.92 Å². The van der Waals surface area contributed by atoms with E-state index >= 15 is 0 Å². The lowest BCUT2D eigenvalue weighted by atomic mass is 9.88. The zero-order valence-electron chi connectivity index (χ0n) is 10.4. The van der Waals surface area contributed by atoms with Crippen molar-refractivity contribution < 1.29 is 9.53 Å². The number of aryl methyl sites for hydroxylation is 1. The Hall–Kier alpha value is -2.33. The monoisotopic (exact) mass is 242 g/mol. The van der Waals surface area contributed by atoms with Gasteiger partial charge in [-0.1, -0.05) is 29.8 Å². The molecule has 0 aromatic heterocycles. The summed E-state index contributed by atoms with van der Waals surface area (Å²) in [6, 6.07) is 11.1. The third kappa shape index (κ3) is 3.09. The number of esters is 1. The number of rotatable bonds is 4. The van der Waals surface area contributed by atoms with Crippen LogP contribution in [0.2, 0.25) is 0 Å². The summed E-state index contributed by atoms with van der Waals surface area (Å²) in [5, 5.41) is 18.2. The summed E-state index contributed by atoms with van der Waals surface area (Å²) in [5.74, 6) is -2.53. The molecule has 0 heterocycles. The van der Waals surface area contributed by atoms with Gasteiger partial charge in [-0.3, -0.25) is 4.79 Å². The molecule has 1 aromatic rings. The molecule has 1 rings (SSSR count). The number of benzene rings is 1. The lowest BCUT2D eigenvalue weighted by molar-refractivity contribution is -0.146. The van der Waals surface area contributed by atoms with Crippen LogP contribution in [-0.4, -0.2) is 12.6 Å². The van der Waals surface area contributed by atoms with E-state index in [0.29, 0.717) is 5.56 Å². The molecular weight excluding hydrogens is 228 g/mol. The Bertz CT molecular complexity index is 494. The van der Waals surface area contributed by atoms with Gasteiger partial charge in [0.25, 0.3) is 0 Å². The highest BCUT2D eigenvalue weighted by atomic mass is 16.5. The van der Waals surface area contributed by atoms with Crippen LogP contribution in [-0.2, 0) is 9.53 Å². The molecule has 0 N–H and O–H groups in total. The summed E-state index contributed by atoms with van der Waals surface area (Å²) in [6.45, 7) is 3.79. The molecule has 18 heavy (non-hydrogen) atoms. The van der Waals surface area contributed by atoms with Crippen molar-refractivity contribution >= 4 is 5.97 Å². The van der Waals surface area contributed by atoms with Gasteiger partial charge >= 0.3 is 5.97 Å². The van der Waals surface area contributed by atoms with Crippen LogP contribution in [0.1, 0.15) is 24.0 Å². The van der Waals surface area contributed by atoms with E-state index in [0.717, 1.165) is 5.56 Å². The molecular formula is C14H14N2O2. The summed E-state index contributed by atoms with van der Waals surface area (Å²) in [5.41, 5.74) is 1.71. The van der Waals surface area contributed by atoms with Crippen molar-refractivity contribution in [3.63, 3.8) is 0 Å². The Balaban J connectivity index is 3.02. The zero-order chi connectivity index (χ0) is 13.5. The highest BCUT2D eigenvalue weighted by Crippen LogP contribution is 2.25. The standard InChI is InChI=1S/C14H14N2O2/c1-3-18-14(17)13(9-16)12(8-15)11-6-4-10(2)5-7-11/h4-7,12-13H,3H2,1-2H3. The first-order valence-electron chi connectivity index (χ1n) is 5.66. The molecule has 4 heteroatoms. The molecule has 2 atom stereocenters. The van der Waals surface area contributed by atoms with Gasteiger partial charge in [0.05, 0.1) is 24.7 Å². The van der Waals surface area contributed by atoms with Crippen molar-refractivity contribution in [1.29, 1.82) is 10.5 Å². The molecule has 0 amide bonds. The summed E-state index contributed by atoms with van der Waals surface area (Å²) in [7, 11) is 0. The summed E-state index contributed by atoms with van der Waals surface area (Å²) in [4.78, 5) is 11.6. The molecule has 0 spiro atoms. The first kappa shape index (κ1) is 13.7. The number of hydrogen-bond acceptors (Lipinski definition) is 4. The summed E-state index contributed by atoms with van der Waals surface area (Å²) in [6.07, 6.45) is 0. The van der Waals surface area contributed by atoms with E-state index in [2.05, 4.69) is 0 Å². The van der Waals surface area contributed by atoms with Crippen molar-refractivity contribution in [2.45, 2.75) is 19.8 Å². The van der Waals surface area contributed by atoms with Gasteiger partial charge in [-0.2, -0.15) is 10.5 Å². The van der Waals surface area contributed by atoms with Gasteiger partial charge in [-0.05, 0) is 19.4 Å². The van der Waals surface area contributed by atoms with E-state index in [4.69, 9.17) is 15.3 Å². The topological polar surface area (TPSA) is 73.9 Å².